The van der Waals surface area contributed by atoms with Crippen LogP contribution in [0.15, 0.2) is 58.9 Å². The molecule has 0 aromatic heterocycles. The van der Waals surface area contributed by atoms with Gasteiger partial charge in [0.15, 0.2) is 12.1 Å². The van der Waals surface area contributed by atoms with Gasteiger partial charge < -0.3 is 5.32 Å². The van der Waals surface area contributed by atoms with Gasteiger partial charge in [-0.05, 0) is 36.4 Å². The van der Waals surface area contributed by atoms with E-state index in [0.717, 1.165) is 4.90 Å². The summed E-state index contributed by atoms with van der Waals surface area (Å²) < 4.78 is 0. The predicted octanol–water partition coefficient (Wildman–Crippen LogP) is 2.93. The maximum Gasteiger partial charge on any atom is 0.263 e. The standard InChI is InChI=1S/C18H13Cl2N5O3/c19-10-5-7-11(8-6-10)25-17(27)15-16(18(25)28)24(23-22-15)9-14(26)21-13-4-2-1-3-12(13)20/h1-8,15-16H,9H2,(H,21,26)/t15-,16+/m0/s1. The molecule has 3 amide bonds. The lowest BCUT2D eigenvalue weighted by molar-refractivity contribution is -0.123. The fraction of sp³-hybridized carbons (Fsp3) is 0.167. The molecule has 28 heavy (non-hydrogen) atoms. The van der Waals surface area contributed by atoms with Crippen LogP contribution in [0.1, 0.15) is 0 Å². The Morgan fingerprint density at radius 2 is 1.75 bits per heavy atom. The van der Waals surface area contributed by atoms with Crippen LogP contribution in [0.25, 0.3) is 0 Å². The Morgan fingerprint density at radius 3 is 2.46 bits per heavy atom. The Kier molecular flexibility index (Phi) is 4.74. The van der Waals surface area contributed by atoms with Crippen molar-refractivity contribution in [3.05, 3.63) is 58.6 Å². The summed E-state index contributed by atoms with van der Waals surface area (Å²) >= 11 is 11.9. The molecule has 0 spiro atoms. The molecule has 10 heteroatoms. The molecule has 1 saturated heterocycles. The molecule has 2 atom stereocenters. The fourth-order valence-electron chi connectivity index (χ4n) is 3.10. The maximum absolute atomic E-state index is 12.8. The number of imide groups is 1. The summed E-state index contributed by atoms with van der Waals surface area (Å²) in [5, 5.41) is 12.5. The van der Waals surface area contributed by atoms with E-state index >= 15 is 0 Å². The van der Waals surface area contributed by atoms with Gasteiger partial charge in [-0.1, -0.05) is 40.6 Å². The van der Waals surface area contributed by atoms with E-state index in [0.29, 0.717) is 21.4 Å². The van der Waals surface area contributed by atoms with Crippen LogP contribution in [-0.2, 0) is 14.4 Å². The van der Waals surface area contributed by atoms with E-state index in [1.807, 2.05) is 0 Å². The number of carbonyl (C=O) groups excluding carboxylic acids is 3. The lowest BCUT2D eigenvalue weighted by Crippen LogP contribution is -2.43. The topological polar surface area (TPSA) is 94.4 Å². The minimum absolute atomic E-state index is 0.247. The third-order valence-electron chi connectivity index (χ3n) is 4.40. The summed E-state index contributed by atoms with van der Waals surface area (Å²) in [5.74, 6) is -1.42. The molecule has 0 bridgehead atoms. The van der Waals surface area contributed by atoms with Crippen molar-refractivity contribution in [2.45, 2.75) is 12.1 Å². The van der Waals surface area contributed by atoms with Gasteiger partial charge in [0.2, 0.25) is 5.91 Å². The van der Waals surface area contributed by atoms with E-state index in [-0.39, 0.29) is 6.54 Å². The number of para-hydroxylation sites is 1. The summed E-state index contributed by atoms with van der Waals surface area (Å²) in [7, 11) is 0. The average molecular weight is 418 g/mol. The van der Waals surface area contributed by atoms with Crippen molar-refractivity contribution in [3.63, 3.8) is 0 Å². The first-order chi connectivity index (χ1) is 13.5. The maximum atomic E-state index is 12.8. The second-order valence-electron chi connectivity index (χ2n) is 6.21. The Morgan fingerprint density at radius 1 is 1.04 bits per heavy atom. The zero-order chi connectivity index (χ0) is 19.8. The molecule has 0 unspecified atom stereocenters. The first-order valence-electron chi connectivity index (χ1n) is 8.31. The molecule has 0 radical (unpaired) electrons. The van der Waals surface area contributed by atoms with Crippen LogP contribution in [0.2, 0.25) is 10.0 Å². The monoisotopic (exact) mass is 417 g/mol. The zero-order valence-corrected chi connectivity index (χ0v) is 15.8. The number of nitrogens with zero attached hydrogens (tertiary/aromatic N) is 4. The molecule has 2 aliphatic rings. The number of carbonyl (C=O) groups is 3. The molecule has 0 saturated carbocycles. The number of hydrogen-bond donors (Lipinski definition) is 1. The Balaban J connectivity index is 1.49. The molecule has 142 valence electrons. The molecule has 0 aliphatic carbocycles. The summed E-state index contributed by atoms with van der Waals surface area (Å²) in [4.78, 5) is 38.9. The van der Waals surface area contributed by atoms with E-state index in [9.17, 15) is 14.4 Å². The number of fused-ring (bicyclic) bond motifs is 1. The van der Waals surface area contributed by atoms with Gasteiger partial charge in [0.05, 0.1) is 16.4 Å². The summed E-state index contributed by atoms with van der Waals surface area (Å²) in [6.45, 7) is -0.247. The van der Waals surface area contributed by atoms with E-state index in [4.69, 9.17) is 23.2 Å². The van der Waals surface area contributed by atoms with E-state index in [2.05, 4.69) is 15.7 Å². The van der Waals surface area contributed by atoms with E-state index in [1.165, 1.54) is 5.01 Å². The van der Waals surface area contributed by atoms with Crippen LogP contribution in [0.3, 0.4) is 0 Å². The Labute approximate surface area is 169 Å². The molecule has 2 aromatic carbocycles. The van der Waals surface area contributed by atoms with Crippen molar-refractivity contribution >= 4 is 52.3 Å². The van der Waals surface area contributed by atoms with Crippen molar-refractivity contribution in [1.82, 2.24) is 5.01 Å². The fourth-order valence-corrected chi connectivity index (χ4v) is 3.41. The smallest absolute Gasteiger partial charge is 0.263 e. The largest absolute Gasteiger partial charge is 0.323 e. The number of halogens is 2. The summed E-state index contributed by atoms with van der Waals surface area (Å²) in [5.41, 5.74) is 0.836. The zero-order valence-electron chi connectivity index (χ0n) is 14.3. The van der Waals surface area contributed by atoms with Crippen LogP contribution in [0.4, 0.5) is 11.4 Å². The third kappa shape index (κ3) is 3.21. The molecule has 2 heterocycles. The van der Waals surface area contributed by atoms with Gasteiger partial charge in [0.25, 0.3) is 11.8 Å². The number of benzene rings is 2. The van der Waals surface area contributed by atoms with Crippen molar-refractivity contribution in [2.24, 2.45) is 10.3 Å². The quantitative estimate of drug-likeness (QED) is 0.773. The molecule has 2 aromatic rings. The molecule has 1 fully saturated rings. The highest BCUT2D eigenvalue weighted by Crippen LogP contribution is 2.32. The van der Waals surface area contributed by atoms with Crippen molar-refractivity contribution in [3.8, 4) is 0 Å². The van der Waals surface area contributed by atoms with Crippen LogP contribution in [0.5, 0.6) is 0 Å². The Hall–Kier alpha value is -2.97. The number of anilines is 2. The van der Waals surface area contributed by atoms with Crippen molar-refractivity contribution < 1.29 is 14.4 Å². The minimum atomic E-state index is -0.976. The summed E-state index contributed by atoms with van der Waals surface area (Å²) in [6, 6.07) is 11.2. The van der Waals surface area contributed by atoms with Crippen LogP contribution in [0, 0.1) is 0 Å². The highest BCUT2D eigenvalue weighted by Gasteiger charge is 2.55. The normalized spacial score (nSPS) is 20.6. The number of amides is 3. The SMILES string of the molecule is O=C(CN1N=N[C@@H]2C(=O)N(c3ccc(Cl)cc3)C(=O)[C@@H]21)Nc1ccccc1Cl. The van der Waals surface area contributed by atoms with Gasteiger partial charge in [-0.2, -0.15) is 5.11 Å². The lowest BCUT2D eigenvalue weighted by Gasteiger charge is -2.20. The Bertz CT molecular complexity index is 995. The molecule has 2 aliphatic heterocycles. The second-order valence-corrected chi connectivity index (χ2v) is 7.05. The average Bonchev–Trinajstić information content (AvgIpc) is 3.18. The number of hydrogen-bond acceptors (Lipinski definition) is 6. The molecular formula is C18H13Cl2N5O3. The number of rotatable bonds is 4. The van der Waals surface area contributed by atoms with Crippen LogP contribution >= 0.6 is 23.2 Å². The van der Waals surface area contributed by atoms with Crippen molar-refractivity contribution in [1.29, 1.82) is 0 Å². The van der Waals surface area contributed by atoms with Gasteiger partial charge in [-0.25, -0.2) is 4.90 Å². The first kappa shape index (κ1) is 18.4. The molecule has 1 N–H and O–H groups in total. The summed E-state index contributed by atoms with van der Waals surface area (Å²) in [6.07, 6.45) is 0. The van der Waals surface area contributed by atoms with Gasteiger partial charge in [-0.15, -0.1) is 0 Å². The van der Waals surface area contributed by atoms with Gasteiger partial charge in [0.1, 0.15) is 6.54 Å². The molecule has 4 rings (SSSR count). The van der Waals surface area contributed by atoms with Gasteiger partial charge in [0, 0.05) is 5.02 Å². The van der Waals surface area contributed by atoms with Gasteiger partial charge >= 0.3 is 0 Å². The second kappa shape index (κ2) is 7.21. The van der Waals surface area contributed by atoms with Crippen molar-refractivity contribution in [2.75, 3.05) is 16.8 Å². The first-order valence-corrected chi connectivity index (χ1v) is 9.06. The van der Waals surface area contributed by atoms with E-state index in [1.54, 1.807) is 48.5 Å². The van der Waals surface area contributed by atoms with Gasteiger partial charge in [-0.3, -0.25) is 19.4 Å². The van der Waals surface area contributed by atoms with Crippen LogP contribution < -0.4 is 10.2 Å². The minimum Gasteiger partial charge on any atom is -0.323 e. The lowest BCUT2D eigenvalue weighted by atomic mass is 10.1. The highest BCUT2D eigenvalue weighted by molar-refractivity contribution is 6.33. The highest BCUT2D eigenvalue weighted by atomic mass is 35.5. The van der Waals surface area contributed by atoms with E-state index < -0.39 is 29.8 Å². The number of nitrogens with one attached hydrogen (secondary N) is 1. The predicted molar refractivity (Wildman–Crippen MR) is 103 cm³/mol. The molecule has 8 nitrogen and oxygen atoms in total. The van der Waals surface area contributed by atoms with Crippen LogP contribution in [-0.4, -0.2) is 41.4 Å². The molecular weight excluding hydrogens is 405 g/mol. The third-order valence-corrected chi connectivity index (χ3v) is 4.98.